The summed E-state index contributed by atoms with van der Waals surface area (Å²) in [6.45, 7) is 2.10. The van der Waals surface area contributed by atoms with Crippen LogP contribution in [0.15, 0.2) is 24.3 Å². The van der Waals surface area contributed by atoms with Crippen LogP contribution < -0.4 is 5.73 Å². The molecule has 2 N–H and O–H groups in total. The van der Waals surface area contributed by atoms with Crippen molar-refractivity contribution in [2.75, 3.05) is 0 Å². The first kappa shape index (κ1) is 12.2. The summed E-state index contributed by atoms with van der Waals surface area (Å²) in [4.78, 5) is 11.1. The number of nitrogens with two attached hydrogens (primary N) is 1. The highest BCUT2D eigenvalue weighted by atomic mass is 19.1. The van der Waals surface area contributed by atoms with E-state index in [1.54, 1.807) is 18.2 Å². The van der Waals surface area contributed by atoms with Crippen molar-refractivity contribution in [1.29, 1.82) is 0 Å². The minimum absolute atomic E-state index is 0.147. The lowest BCUT2D eigenvalue weighted by Gasteiger charge is -2.06. The van der Waals surface area contributed by atoms with Gasteiger partial charge < -0.3 is 5.73 Å². The van der Waals surface area contributed by atoms with Crippen LogP contribution in [-0.4, -0.2) is 20.9 Å². The highest BCUT2D eigenvalue weighted by Gasteiger charge is 2.16. The summed E-state index contributed by atoms with van der Waals surface area (Å²) in [5, 5.41) is 7.57. The molecule has 0 saturated heterocycles. The van der Waals surface area contributed by atoms with E-state index in [9.17, 15) is 9.18 Å². The summed E-state index contributed by atoms with van der Waals surface area (Å²) in [6, 6.07) is 6.42. The van der Waals surface area contributed by atoms with Crippen LogP contribution in [0.3, 0.4) is 0 Å². The van der Waals surface area contributed by atoms with Crippen molar-refractivity contribution in [3.8, 4) is 0 Å². The molecule has 1 amide bonds. The number of carbonyl (C=O) groups is 1. The third-order valence-electron chi connectivity index (χ3n) is 2.68. The third-order valence-corrected chi connectivity index (χ3v) is 2.68. The molecule has 1 heterocycles. The average molecular weight is 248 g/mol. The first-order chi connectivity index (χ1) is 8.63. The molecule has 1 aromatic heterocycles. The largest absolute Gasteiger partial charge is 0.364 e. The molecule has 0 aliphatic carbocycles. The number of nitrogens with zero attached hydrogens (tertiary/aromatic N) is 3. The topological polar surface area (TPSA) is 73.8 Å². The highest BCUT2D eigenvalue weighted by molar-refractivity contribution is 5.91. The van der Waals surface area contributed by atoms with E-state index in [4.69, 9.17) is 5.73 Å². The van der Waals surface area contributed by atoms with Gasteiger partial charge in [0.05, 0.1) is 12.2 Å². The summed E-state index contributed by atoms with van der Waals surface area (Å²) in [5.74, 6) is -0.928. The van der Waals surface area contributed by atoms with Crippen molar-refractivity contribution in [1.82, 2.24) is 15.0 Å². The number of primary amides is 1. The van der Waals surface area contributed by atoms with Crippen molar-refractivity contribution in [2.45, 2.75) is 19.9 Å². The molecule has 0 radical (unpaired) electrons. The number of aromatic nitrogens is 3. The molecule has 94 valence electrons. The van der Waals surface area contributed by atoms with Crippen molar-refractivity contribution in [3.63, 3.8) is 0 Å². The minimum atomic E-state index is -0.619. The van der Waals surface area contributed by atoms with Gasteiger partial charge in [-0.25, -0.2) is 9.07 Å². The summed E-state index contributed by atoms with van der Waals surface area (Å²) < 4.78 is 15.0. The normalized spacial score (nSPS) is 10.6. The molecule has 0 aliphatic rings. The fraction of sp³-hybridized carbons (Fsp3) is 0.250. The van der Waals surface area contributed by atoms with Gasteiger partial charge in [0.15, 0.2) is 5.69 Å². The summed E-state index contributed by atoms with van der Waals surface area (Å²) in [6.07, 6.45) is 0.555. The zero-order chi connectivity index (χ0) is 13.1. The van der Waals surface area contributed by atoms with Gasteiger partial charge in [-0.15, -0.1) is 5.10 Å². The predicted molar refractivity (Wildman–Crippen MR) is 63.4 cm³/mol. The van der Waals surface area contributed by atoms with Gasteiger partial charge in [-0.2, -0.15) is 0 Å². The Hall–Kier alpha value is -2.24. The maximum atomic E-state index is 13.5. The Balaban J connectivity index is 2.35. The molecule has 5 nitrogen and oxygen atoms in total. The first-order valence-electron chi connectivity index (χ1n) is 5.59. The second kappa shape index (κ2) is 4.95. The van der Waals surface area contributed by atoms with E-state index in [0.29, 0.717) is 17.7 Å². The van der Waals surface area contributed by atoms with Gasteiger partial charge in [-0.3, -0.25) is 4.79 Å². The van der Waals surface area contributed by atoms with Gasteiger partial charge in [-0.1, -0.05) is 30.3 Å². The monoisotopic (exact) mass is 248 g/mol. The van der Waals surface area contributed by atoms with E-state index in [-0.39, 0.29) is 18.1 Å². The van der Waals surface area contributed by atoms with E-state index in [1.807, 2.05) is 6.92 Å². The Kier molecular flexibility index (Phi) is 3.36. The van der Waals surface area contributed by atoms with Gasteiger partial charge in [-0.05, 0) is 12.5 Å². The van der Waals surface area contributed by atoms with Crippen LogP contribution in [0.5, 0.6) is 0 Å². The Bertz CT molecular complexity index is 579. The van der Waals surface area contributed by atoms with Crippen LogP contribution >= 0.6 is 0 Å². The lowest BCUT2D eigenvalue weighted by atomic mass is 10.2. The molecule has 6 heteroatoms. The van der Waals surface area contributed by atoms with Crippen molar-refractivity contribution < 1.29 is 9.18 Å². The van der Waals surface area contributed by atoms with E-state index in [0.717, 1.165) is 0 Å². The molecule has 0 aliphatic heterocycles. The second-order valence-electron chi connectivity index (χ2n) is 3.85. The molecule has 0 bridgehead atoms. The maximum absolute atomic E-state index is 13.5. The second-order valence-corrected chi connectivity index (χ2v) is 3.85. The predicted octanol–water partition coefficient (Wildman–Crippen LogP) is 1.13. The molecule has 0 atom stereocenters. The van der Waals surface area contributed by atoms with Gasteiger partial charge >= 0.3 is 0 Å². The van der Waals surface area contributed by atoms with Crippen LogP contribution in [0.4, 0.5) is 4.39 Å². The molecule has 18 heavy (non-hydrogen) atoms. The van der Waals surface area contributed by atoms with E-state index >= 15 is 0 Å². The number of carbonyl (C=O) groups excluding carboxylic acids is 1. The number of benzene rings is 1. The van der Waals surface area contributed by atoms with Gasteiger partial charge in [0, 0.05) is 5.56 Å². The molecular formula is C12H13FN4O. The molecular weight excluding hydrogens is 235 g/mol. The lowest BCUT2D eigenvalue weighted by Crippen LogP contribution is -2.15. The average Bonchev–Trinajstić information content (AvgIpc) is 2.75. The molecule has 0 spiro atoms. The molecule has 1 aromatic carbocycles. The van der Waals surface area contributed by atoms with E-state index < -0.39 is 5.91 Å². The highest BCUT2D eigenvalue weighted by Crippen LogP contribution is 2.12. The van der Waals surface area contributed by atoms with E-state index in [1.165, 1.54) is 10.7 Å². The van der Waals surface area contributed by atoms with Gasteiger partial charge in [0.1, 0.15) is 5.82 Å². The number of halogens is 1. The quantitative estimate of drug-likeness (QED) is 0.881. The molecule has 0 fully saturated rings. The number of rotatable bonds is 4. The van der Waals surface area contributed by atoms with Crippen molar-refractivity contribution >= 4 is 5.91 Å². The van der Waals surface area contributed by atoms with Crippen molar-refractivity contribution in [2.24, 2.45) is 5.73 Å². The fourth-order valence-electron chi connectivity index (χ4n) is 1.79. The zero-order valence-electron chi connectivity index (χ0n) is 9.93. The summed E-state index contributed by atoms with van der Waals surface area (Å²) in [5.41, 5.74) is 6.46. The Labute approximate surface area is 103 Å². The Morgan fingerprint density at radius 1 is 1.44 bits per heavy atom. The standard InChI is InChI=1S/C12H13FN4O/c1-2-10-11(12(14)18)15-16-17(10)7-8-5-3-4-6-9(8)13/h3-6H,2,7H2,1H3,(H2,14,18). The lowest BCUT2D eigenvalue weighted by molar-refractivity contribution is 0.0994. The molecule has 2 rings (SSSR count). The fourth-order valence-corrected chi connectivity index (χ4v) is 1.79. The summed E-state index contributed by atoms with van der Waals surface area (Å²) in [7, 11) is 0. The van der Waals surface area contributed by atoms with Crippen LogP contribution in [0, 0.1) is 5.82 Å². The third kappa shape index (κ3) is 2.22. The number of hydrogen-bond acceptors (Lipinski definition) is 3. The molecule has 0 unspecified atom stereocenters. The molecule has 0 saturated carbocycles. The Morgan fingerprint density at radius 3 is 2.78 bits per heavy atom. The SMILES string of the molecule is CCc1c(C(N)=O)nnn1Cc1ccccc1F. The van der Waals surface area contributed by atoms with Crippen LogP contribution in [0.25, 0.3) is 0 Å². The van der Waals surface area contributed by atoms with Crippen LogP contribution in [-0.2, 0) is 13.0 Å². The first-order valence-corrected chi connectivity index (χ1v) is 5.59. The summed E-state index contributed by atoms with van der Waals surface area (Å²) >= 11 is 0. The van der Waals surface area contributed by atoms with Gasteiger partial charge in [0.2, 0.25) is 0 Å². The van der Waals surface area contributed by atoms with Crippen LogP contribution in [0.2, 0.25) is 0 Å². The number of hydrogen-bond donors (Lipinski definition) is 1. The van der Waals surface area contributed by atoms with E-state index in [2.05, 4.69) is 10.3 Å². The zero-order valence-corrected chi connectivity index (χ0v) is 9.93. The minimum Gasteiger partial charge on any atom is -0.364 e. The van der Waals surface area contributed by atoms with Crippen LogP contribution in [0.1, 0.15) is 28.7 Å². The van der Waals surface area contributed by atoms with Gasteiger partial charge in [0.25, 0.3) is 5.91 Å². The van der Waals surface area contributed by atoms with Crippen molar-refractivity contribution in [3.05, 3.63) is 47.0 Å². The smallest absolute Gasteiger partial charge is 0.271 e. The maximum Gasteiger partial charge on any atom is 0.271 e. The number of amides is 1. The molecule has 2 aromatic rings. The Morgan fingerprint density at radius 2 is 2.17 bits per heavy atom.